The molecule has 0 aliphatic heterocycles. The fourth-order valence-electron chi connectivity index (χ4n) is 2.63. The van der Waals surface area contributed by atoms with Crippen molar-refractivity contribution in [2.24, 2.45) is 0 Å². The lowest BCUT2D eigenvalue weighted by atomic mass is 10.1. The molecule has 22 heavy (non-hydrogen) atoms. The van der Waals surface area contributed by atoms with E-state index in [1.54, 1.807) is 48.6 Å². The van der Waals surface area contributed by atoms with Gasteiger partial charge in [-0.1, -0.05) is 13.0 Å². The highest BCUT2D eigenvalue weighted by Gasteiger charge is 2.15. The number of rotatable bonds is 4. The van der Waals surface area contributed by atoms with Crippen LogP contribution in [0.2, 0.25) is 0 Å². The summed E-state index contributed by atoms with van der Waals surface area (Å²) < 4.78 is 6.87. The van der Waals surface area contributed by atoms with Gasteiger partial charge in [-0.15, -0.1) is 0 Å². The van der Waals surface area contributed by atoms with Gasteiger partial charge in [0.05, 0.1) is 30.4 Å². The van der Waals surface area contributed by atoms with Gasteiger partial charge in [0.25, 0.3) is 5.56 Å². The Morgan fingerprint density at radius 2 is 2.18 bits per heavy atom. The molecule has 0 saturated heterocycles. The number of fused-ring (bicyclic) bond motifs is 1. The van der Waals surface area contributed by atoms with Crippen LogP contribution in [0.25, 0.3) is 10.9 Å². The Labute approximate surface area is 128 Å². The van der Waals surface area contributed by atoms with Crippen LogP contribution in [-0.4, -0.2) is 21.6 Å². The molecule has 0 spiro atoms. The van der Waals surface area contributed by atoms with Gasteiger partial charge in [-0.3, -0.25) is 14.3 Å². The molecule has 3 rings (SSSR count). The van der Waals surface area contributed by atoms with Gasteiger partial charge in [0.2, 0.25) is 0 Å². The third-order valence-corrected chi connectivity index (χ3v) is 3.78. The van der Waals surface area contributed by atoms with Gasteiger partial charge in [0.15, 0.2) is 0 Å². The number of aromatic nitrogens is 3. The maximum atomic E-state index is 12.8. The summed E-state index contributed by atoms with van der Waals surface area (Å²) in [6.07, 6.45) is 5.90. The van der Waals surface area contributed by atoms with Crippen LogP contribution < -0.4 is 10.3 Å². The summed E-state index contributed by atoms with van der Waals surface area (Å²) in [7, 11) is 1.58. The minimum atomic E-state index is -0.0794. The van der Waals surface area contributed by atoms with Crippen LogP contribution in [0.4, 0.5) is 0 Å². The molecule has 0 amide bonds. The van der Waals surface area contributed by atoms with E-state index in [1.165, 1.54) is 0 Å². The maximum Gasteiger partial charge on any atom is 0.261 e. The number of pyridine rings is 1. The second-order valence-electron chi connectivity index (χ2n) is 5.05. The number of hydrogen-bond acceptors (Lipinski definition) is 4. The highest BCUT2D eigenvalue weighted by atomic mass is 16.5. The van der Waals surface area contributed by atoms with Gasteiger partial charge >= 0.3 is 0 Å². The van der Waals surface area contributed by atoms with Gasteiger partial charge in [-0.2, -0.15) is 0 Å². The first-order chi connectivity index (χ1) is 10.7. The molecule has 1 aromatic carbocycles. The van der Waals surface area contributed by atoms with Gasteiger partial charge in [-0.25, -0.2) is 4.98 Å². The summed E-state index contributed by atoms with van der Waals surface area (Å²) in [6, 6.07) is 9.10. The van der Waals surface area contributed by atoms with Crippen molar-refractivity contribution < 1.29 is 4.74 Å². The summed E-state index contributed by atoms with van der Waals surface area (Å²) in [5.41, 5.74) is 1.60. The highest BCUT2D eigenvalue weighted by molar-refractivity contribution is 5.78. The van der Waals surface area contributed by atoms with Crippen molar-refractivity contribution in [2.75, 3.05) is 7.11 Å². The molecule has 5 nitrogen and oxygen atoms in total. The van der Waals surface area contributed by atoms with E-state index in [9.17, 15) is 4.79 Å². The van der Waals surface area contributed by atoms with E-state index in [-0.39, 0.29) is 11.6 Å². The van der Waals surface area contributed by atoms with Gasteiger partial charge < -0.3 is 4.74 Å². The molecule has 112 valence electrons. The van der Waals surface area contributed by atoms with Crippen molar-refractivity contribution in [1.29, 1.82) is 0 Å². The summed E-state index contributed by atoms with van der Waals surface area (Å²) in [5, 5.41) is 0.559. The molecule has 5 heteroatoms. The molecule has 2 heterocycles. The molecule has 2 aromatic heterocycles. The molecule has 0 bridgehead atoms. The third-order valence-electron chi connectivity index (χ3n) is 3.78. The number of hydrogen-bond donors (Lipinski definition) is 0. The standard InChI is InChI=1S/C17H17N3O2/c1-3-16(12-5-4-8-18-10-12)20-11-19-15-7-6-13(22-2)9-14(15)17(20)21/h4-11,16H,3H2,1-2H3/t16-/m0/s1. The zero-order valence-electron chi connectivity index (χ0n) is 12.6. The van der Waals surface area contributed by atoms with Crippen molar-refractivity contribution in [2.45, 2.75) is 19.4 Å². The molecule has 0 unspecified atom stereocenters. The fraction of sp³-hybridized carbons (Fsp3) is 0.235. The molecular weight excluding hydrogens is 278 g/mol. The Balaban J connectivity index is 2.18. The minimum absolute atomic E-state index is 0.0698. The van der Waals surface area contributed by atoms with E-state index >= 15 is 0 Å². The second-order valence-corrected chi connectivity index (χ2v) is 5.05. The molecule has 0 radical (unpaired) electrons. The predicted molar refractivity (Wildman–Crippen MR) is 85.2 cm³/mol. The van der Waals surface area contributed by atoms with Crippen molar-refractivity contribution in [3.05, 3.63) is 65.0 Å². The average molecular weight is 295 g/mol. The number of methoxy groups -OCH3 is 1. The third kappa shape index (κ3) is 2.45. The Morgan fingerprint density at radius 1 is 1.32 bits per heavy atom. The topological polar surface area (TPSA) is 57.0 Å². The Morgan fingerprint density at radius 3 is 2.86 bits per heavy atom. The Bertz CT molecular complexity index is 843. The SMILES string of the molecule is CC[C@@H](c1cccnc1)n1cnc2ccc(OC)cc2c1=O. The molecule has 0 saturated carbocycles. The van der Waals surface area contributed by atoms with Gasteiger partial charge in [-0.05, 0) is 36.2 Å². The van der Waals surface area contributed by atoms with Crippen LogP contribution in [0.5, 0.6) is 5.75 Å². The zero-order valence-corrected chi connectivity index (χ0v) is 12.6. The number of nitrogens with zero attached hydrogens (tertiary/aromatic N) is 3. The van der Waals surface area contributed by atoms with E-state index in [1.807, 2.05) is 19.1 Å². The molecule has 0 fully saturated rings. The highest BCUT2D eigenvalue weighted by Crippen LogP contribution is 2.21. The summed E-state index contributed by atoms with van der Waals surface area (Å²) in [5.74, 6) is 0.651. The second kappa shape index (κ2) is 5.97. The van der Waals surface area contributed by atoms with E-state index in [0.717, 1.165) is 12.0 Å². The molecule has 0 aliphatic carbocycles. The maximum absolute atomic E-state index is 12.8. The van der Waals surface area contributed by atoms with Gasteiger partial charge in [0.1, 0.15) is 5.75 Å². The average Bonchev–Trinajstić information content (AvgIpc) is 2.58. The first kappa shape index (κ1) is 14.3. The molecular formula is C17H17N3O2. The van der Waals surface area contributed by atoms with Crippen LogP contribution in [0.15, 0.2) is 53.8 Å². The first-order valence-corrected chi connectivity index (χ1v) is 7.19. The lowest BCUT2D eigenvalue weighted by Gasteiger charge is -2.18. The quantitative estimate of drug-likeness (QED) is 0.742. The van der Waals surface area contributed by atoms with E-state index in [4.69, 9.17) is 4.74 Å². The van der Waals surface area contributed by atoms with E-state index in [0.29, 0.717) is 16.7 Å². The largest absolute Gasteiger partial charge is 0.497 e. The Kier molecular flexibility index (Phi) is 3.87. The minimum Gasteiger partial charge on any atom is -0.497 e. The van der Waals surface area contributed by atoms with Crippen molar-refractivity contribution in [3.63, 3.8) is 0 Å². The molecule has 0 N–H and O–H groups in total. The van der Waals surface area contributed by atoms with Crippen LogP contribution in [0, 0.1) is 0 Å². The number of ether oxygens (including phenoxy) is 1. The summed E-state index contributed by atoms with van der Waals surface area (Å²) >= 11 is 0. The normalized spacial score (nSPS) is 12.3. The van der Waals surface area contributed by atoms with E-state index < -0.39 is 0 Å². The monoisotopic (exact) mass is 295 g/mol. The van der Waals surface area contributed by atoms with Crippen LogP contribution >= 0.6 is 0 Å². The Hall–Kier alpha value is -2.69. The number of benzene rings is 1. The molecule has 0 aliphatic rings. The lowest BCUT2D eigenvalue weighted by molar-refractivity contribution is 0.415. The summed E-state index contributed by atoms with van der Waals surface area (Å²) in [6.45, 7) is 2.04. The van der Waals surface area contributed by atoms with Gasteiger partial charge in [0, 0.05) is 12.4 Å². The smallest absolute Gasteiger partial charge is 0.261 e. The van der Waals surface area contributed by atoms with Crippen molar-refractivity contribution >= 4 is 10.9 Å². The molecule has 3 aromatic rings. The van der Waals surface area contributed by atoms with Crippen LogP contribution in [0.1, 0.15) is 24.9 Å². The van der Waals surface area contributed by atoms with Crippen LogP contribution in [0.3, 0.4) is 0 Å². The summed E-state index contributed by atoms with van der Waals surface area (Å²) in [4.78, 5) is 21.4. The van der Waals surface area contributed by atoms with Crippen molar-refractivity contribution in [3.8, 4) is 5.75 Å². The first-order valence-electron chi connectivity index (χ1n) is 7.19. The molecule has 1 atom stereocenters. The zero-order chi connectivity index (χ0) is 15.5. The lowest BCUT2D eigenvalue weighted by Crippen LogP contribution is -2.25. The fourth-order valence-corrected chi connectivity index (χ4v) is 2.63. The van der Waals surface area contributed by atoms with Crippen LogP contribution in [-0.2, 0) is 0 Å². The van der Waals surface area contributed by atoms with E-state index in [2.05, 4.69) is 9.97 Å². The van der Waals surface area contributed by atoms with Crippen molar-refractivity contribution in [1.82, 2.24) is 14.5 Å². The predicted octanol–water partition coefficient (Wildman–Crippen LogP) is 2.80.